The summed E-state index contributed by atoms with van der Waals surface area (Å²) < 4.78 is 10.4. The number of hydrogen-bond donors (Lipinski definition) is 2. The molecule has 0 aliphatic heterocycles. The number of nitrogens with zero attached hydrogens (tertiary/aromatic N) is 4. The molecule has 0 saturated carbocycles. The number of methoxy groups -OCH3 is 2. The molecule has 0 aliphatic rings. The highest BCUT2D eigenvalue weighted by Gasteiger charge is 2.13. The number of H-pyrrole nitrogens is 1. The molecule has 168 valence electrons. The number of pyridine rings is 1. The number of ether oxygens (including phenoxy) is 2. The molecule has 0 bridgehead atoms. The van der Waals surface area contributed by atoms with Gasteiger partial charge in [0, 0.05) is 62.1 Å². The molecule has 32 heavy (non-hydrogen) atoms. The van der Waals surface area contributed by atoms with Gasteiger partial charge in [0.15, 0.2) is 10.9 Å². The van der Waals surface area contributed by atoms with Crippen molar-refractivity contribution in [2.24, 2.45) is 0 Å². The van der Waals surface area contributed by atoms with Gasteiger partial charge in [-0.05, 0) is 24.3 Å². The Kier molecular flexibility index (Phi) is 7.67. The summed E-state index contributed by atoms with van der Waals surface area (Å²) in [6.07, 6.45) is 3.63. The molecule has 4 aromatic rings. The third-order valence-electron chi connectivity index (χ3n) is 4.98. The topological polar surface area (TPSA) is 88.2 Å². The van der Waals surface area contributed by atoms with Gasteiger partial charge in [-0.1, -0.05) is 17.7 Å². The highest BCUT2D eigenvalue weighted by atomic mass is 35.5. The van der Waals surface area contributed by atoms with E-state index in [1.165, 1.54) is 0 Å². The third-order valence-corrected chi connectivity index (χ3v) is 6.18. The fourth-order valence-corrected chi connectivity index (χ4v) is 4.41. The highest BCUT2D eigenvalue weighted by molar-refractivity contribution is 7.15. The number of aromatic nitrogens is 4. The molecule has 3 aromatic heterocycles. The van der Waals surface area contributed by atoms with Crippen molar-refractivity contribution >= 4 is 44.8 Å². The molecule has 0 atom stereocenters. The summed E-state index contributed by atoms with van der Waals surface area (Å²) in [5.74, 6) is 0.713. The SMILES string of the molecule is COCCN(CCOC)Cc1cnc(Nc2n[nH]c3ccc(-c4ncccc4Cl)cc23)s1. The Hall–Kier alpha value is -2.56. The van der Waals surface area contributed by atoms with Crippen LogP contribution in [0.3, 0.4) is 0 Å². The van der Waals surface area contributed by atoms with E-state index >= 15 is 0 Å². The minimum absolute atomic E-state index is 0.612. The van der Waals surface area contributed by atoms with E-state index in [4.69, 9.17) is 21.1 Å². The van der Waals surface area contributed by atoms with Crippen LogP contribution in [-0.4, -0.2) is 65.6 Å². The molecule has 0 fully saturated rings. The molecule has 1 aromatic carbocycles. The number of anilines is 2. The number of benzene rings is 1. The average molecular weight is 473 g/mol. The second kappa shape index (κ2) is 10.8. The molecule has 0 amide bonds. The minimum atomic E-state index is 0.612. The number of nitrogens with one attached hydrogen (secondary N) is 2. The lowest BCUT2D eigenvalue weighted by atomic mass is 10.1. The van der Waals surface area contributed by atoms with Crippen LogP contribution in [0.5, 0.6) is 0 Å². The fourth-order valence-electron chi connectivity index (χ4n) is 3.33. The predicted molar refractivity (Wildman–Crippen MR) is 129 cm³/mol. The van der Waals surface area contributed by atoms with E-state index in [0.717, 1.165) is 51.8 Å². The van der Waals surface area contributed by atoms with E-state index in [9.17, 15) is 0 Å². The van der Waals surface area contributed by atoms with Crippen molar-refractivity contribution in [3.63, 3.8) is 0 Å². The van der Waals surface area contributed by atoms with Crippen LogP contribution < -0.4 is 5.32 Å². The summed E-state index contributed by atoms with van der Waals surface area (Å²) >= 11 is 7.94. The van der Waals surface area contributed by atoms with E-state index in [1.54, 1.807) is 31.8 Å². The van der Waals surface area contributed by atoms with E-state index in [-0.39, 0.29) is 0 Å². The standard InChI is InChI=1S/C22H25ClN6O2S/c1-30-10-8-29(9-11-31-2)14-16-13-25-22(32-16)26-21-17-12-15(5-6-19(17)27-28-21)20-18(23)4-3-7-24-20/h3-7,12-13H,8-11,14H2,1-2H3,(H2,25,26,27,28). The van der Waals surface area contributed by atoms with Crippen LogP contribution in [0.15, 0.2) is 42.7 Å². The zero-order valence-electron chi connectivity index (χ0n) is 18.0. The number of halogens is 1. The van der Waals surface area contributed by atoms with Crippen molar-refractivity contribution in [1.29, 1.82) is 0 Å². The Morgan fingerprint density at radius 3 is 2.69 bits per heavy atom. The minimum Gasteiger partial charge on any atom is -0.383 e. The summed E-state index contributed by atoms with van der Waals surface area (Å²) in [7, 11) is 3.43. The molecular formula is C22H25ClN6O2S. The van der Waals surface area contributed by atoms with Gasteiger partial charge in [0.2, 0.25) is 0 Å². The molecule has 0 aliphatic carbocycles. The maximum atomic E-state index is 6.33. The first kappa shape index (κ1) is 22.6. The van der Waals surface area contributed by atoms with E-state index in [1.807, 2.05) is 36.5 Å². The summed E-state index contributed by atoms with van der Waals surface area (Å²) in [4.78, 5) is 12.4. The van der Waals surface area contributed by atoms with Crippen molar-refractivity contribution < 1.29 is 9.47 Å². The van der Waals surface area contributed by atoms with E-state index in [2.05, 4.69) is 30.4 Å². The highest BCUT2D eigenvalue weighted by Crippen LogP contribution is 2.32. The fraction of sp³-hybridized carbons (Fsp3) is 0.318. The van der Waals surface area contributed by atoms with Crippen LogP contribution in [-0.2, 0) is 16.0 Å². The molecule has 0 spiro atoms. The summed E-state index contributed by atoms with van der Waals surface area (Å²) in [6.45, 7) is 3.81. The maximum Gasteiger partial charge on any atom is 0.188 e. The van der Waals surface area contributed by atoms with Gasteiger partial charge >= 0.3 is 0 Å². The number of rotatable bonds is 11. The molecule has 3 heterocycles. The zero-order valence-corrected chi connectivity index (χ0v) is 19.5. The molecule has 0 saturated heterocycles. The summed E-state index contributed by atoms with van der Waals surface area (Å²) in [5, 5.41) is 13.2. The Balaban J connectivity index is 1.51. The molecule has 4 rings (SSSR count). The monoisotopic (exact) mass is 472 g/mol. The average Bonchev–Trinajstić information content (AvgIpc) is 3.42. The normalized spacial score (nSPS) is 11.5. The van der Waals surface area contributed by atoms with Gasteiger partial charge in [-0.3, -0.25) is 15.0 Å². The number of fused-ring (bicyclic) bond motifs is 1. The third kappa shape index (κ3) is 5.43. The Morgan fingerprint density at radius 2 is 1.94 bits per heavy atom. The van der Waals surface area contributed by atoms with Crippen LogP contribution >= 0.6 is 22.9 Å². The first-order chi connectivity index (χ1) is 15.7. The van der Waals surface area contributed by atoms with Crippen molar-refractivity contribution in [3.05, 3.63) is 52.6 Å². The summed E-state index contributed by atoms with van der Waals surface area (Å²) in [6, 6.07) is 9.64. The molecule has 0 radical (unpaired) electrons. The van der Waals surface area contributed by atoms with Gasteiger partial charge in [-0.2, -0.15) is 5.10 Å². The van der Waals surface area contributed by atoms with Crippen LogP contribution in [0.1, 0.15) is 4.88 Å². The Bertz CT molecular complexity index is 1160. The van der Waals surface area contributed by atoms with E-state index in [0.29, 0.717) is 24.1 Å². The quantitative estimate of drug-likeness (QED) is 0.330. The van der Waals surface area contributed by atoms with Gasteiger partial charge in [0.25, 0.3) is 0 Å². The second-order valence-corrected chi connectivity index (χ2v) is 8.71. The lowest BCUT2D eigenvalue weighted by Gasteiger charge is -2.20. The number of thiazole rings is 1. The largest absolute Gasteiger partial charge is 0.383 e. The van der Waals surface area contributed by atoms with Gasteiger partial charge in [0.1, 0.15) is 0 Å². The second-order valence-electron chi connectivity index (χ2n) is 7.18. The van der Waals surface area contributed by atoms with Gasteiger partial charge < -0.3 is 14.8 Å². The van der Waals surface area contributed by atoms with Crippen molar-refractivity contribution in [2.45, 2.75) is 6.54 Å². The molecule has 2 N–H and O–H groups in total. The van der Waals surface area contributed by atoms with Gasteiger partial charge in [-0.15, -0.1) is 11.3 Å². The Morgan fingerprint density at radius 1 is 1.12 bits per heavy atom. The van der Waals surface area contributed by atoms with Crippen molar-refractivity contribution in [2.75, 3.05) is 45.8 Å². The first-order valence-corrected chi connectivity index (χ1v) is 11.4. The van der Waals surface area contributed by atoms with E-state index < -0.39 is 0 Å². The molecular weight excluding hydrogens is 448 g/mol. The van der Waals surface area contributed by atoms with Crippen molar-refractivity contribution in [3.8, 4) is 11.3 Å². The number of aromatic amines is 1. The first-order valence-electron chi connectivity index (χ1n) is 10.2. The Labute approximate surface area is 195 Å². The maximum absolute atomic E-state index is 6.33. The lowest BCUT2D eigenvalue weighted by molar-refractivity contribution is 0.111. The van der Waals surface area contributed by atoms with Gasteiger partial charge in [-0.25, -0.2) is 4.98 Å². The smallest absolute Gasteiger partial charge is 0.188 e. The van der Waals surface area contributed by atoms with Gasteiger partial charge in [0.05, 0.1) is 29.4 Å². The van der Waals surface area contributed by atoms with Crippen LogP contribution in [0.4, 0.5) is 10.9 Å². The van der Waals surface area contributed by atoms with Crippen LogP contribution in [0.2, 0.25) is 5.02 Å². The zero-order chi connectivity index (χ0) is 22.3. The van der Waals surface area contributed by atoms with Crippen molar-refractivity contribution in [1.82, 2.24) is 25.1 Å². The molecule has 0 unspecified atom stereocenters. The molecule has 8 nitrogen and oxygen atoms in total. The lowest BCUT2D eigenvalue weighted by Crippen LogP contribution is -2.29. The summed E-state index contributed by atoms with van der Waals surface area (Å²) in [5.41, 5.74) is 2.59. The number of hydrogen-bond acceptors (Lipinski definition) is 8. The molecule has 10 heteroatoms. The van der Waals surface area contributed by atoms with Crippen LogP contribution in [0.25, 0.3) is 22.2 Å². The van der Waals surface area contributed by atoms with Crippen LogP contribution in [0, 0.1) is 0 Å². The predicted octanol–water partition coefficient (Wildman–Crippen LogP) is 4.57.